The van der Waals surface area contributed by atoms with Crippen molar-refractivity contribution in [2.45, 2.75) is 71.1 Å². The molecule has 0 bridgehead atoms. The van der Waals surface area contributed by atoms with Gasteiger partial charge in [-0.05, 0) is 12.5 Å². The number of carbonyl (C=O) groups excluding carboxylic acids is 1. The highest BCUT2D eigenvalue weighted by molar-refractivity contribution is 5.77. The Morgan fingerprint density at radius 2 is 1.60 bits per heavy atom. The maximum Gasteiger partial charge on any atom is 0.149 e. The highest BCUT2D eigenvalue weighted by Crippen LogP contribution is 2.11. The van der Waals surface area contributed by atoms with Gasteiger partial charge in [0.25, 0.3) is 0 Å². The van der Waals surface area contributed by atoms with Crippen molar-refractivity contribution in [2.24, 2.45) is 0 Å². The molecule has 0 unspecified atom stereocenters. The van der Waals surface area contributed by atoms with Gasteiger partial charge in [0.05, 0.1) is 0 Å². The topological polar surface area (TPSA) is 20.3 Å². The van der Waals surface area contributed by atoms with Gasteiger partial charge in [0.2, 0.25) is 0 Å². The van der Waals surface area contributed by atoms with Crippen LogP contribution in [0, 0.1) is 0 Å². The molecule has 0 radical (unpaired) electrons. The fraction of sp³-hybridized carbons (Fsp3) is 0.722. The zero-order chi connectivity index (χ0) is 14.5. The summed E-state index contributed by atoms with van der Waals surface area (Å²) in [5.74, 6) is 0. The van der Waals surface area contributed by atoms with E-state index in [1.54, 1.807) is 0 Å². The van der Waals surface area contributed by atoms with E-state index < -0.39 is 0 Å². The van der Waals surface area contributed by atoms with Gasteiger partial charge in [-0.2, -0.15) is 0 Å². The van der Waals surface area contributed by atoms with Crippen molar-refractivity contribution >= 4 is 6.29 Å². The summed E-state index contributed by atoms with van der Waals surface area (Å²) < 4.78 is 0. The number of aldehydes is 1. The first-order valence-electron chi connectivity index (χ1n) is 8.44. The fourth-order valence-corrected chi connectivity index (χ4v) is 2.60. The van der Waals surface area contributed by atoms with Gasteiger partial charge in [0.15, 0.2) is 0 Å². The first-order chi connectivity index (χ1) is 9.86. The SMILES string of the molecule is CCCCCCCCCCCCN1C=CC(C=O)=CC1. The maximum absolute atomic E-state index is 10.6. The molecule has 0 N–H and O–H groups in total. The van der Waals surface area contributed by atoms with Crippen LogP contribution in [0.4, 0.5) is 0 Å². The van der Waals surface area contributed by atoms with Crippen LogP contribution >= 0.6 is 0 Å². The summed E-state index contributed by atoms with van der Waals surface area (Å²) in [6.07, 6.45) is 20.7. The minimum atomic E-state index is 0.810. The number of allylic oxidation sites excluding steroid dienone is 2. The number of carbonyl (C=O) groups is 1. The van der Waals surface area contributed by atoms with Crippen molar-refractivity contribution in [3.8, 4) is 0 Å². The highest BCUT2D eigenvalue weighted by atomic mass is 16.1. The van der Waals surface area contributed by atoms with E-state index in [4.69, 9.17) is 0 Å². The molecule has 20 heavy (non-hydrogen) atoms. The Labute approximate surface area is 124 Å². The van der Waals surface area contributed by atoms with Gasteiger partial charge >= 0.3 is 0 Å². The van der Waals surface area contributed by atoms with Crippen LogP contribution in [-0.4, -0.2) is 24.3 Å². The lowest BCUT2D eigenvalue weighted by atomic mass is 10.1. The molecule has 0 aromatic rings. The monoisotopic (exact) mass is 277 g/mol. The maximum atomic E-state index is 10.6. The van der Waals surface area contributed by atoms with Crippen molar-refractivity contribution in [3.05, 3.63) is 23.9 Å². The van der Waals surface area contributed by atoms with E-state index in [-0.39, 0.29) is 0 Å². The molecule has 1 aliphatic heterocycles. The fourth-order valence-electron chi connectivity index (χ4n) is 2.60. The Morgan fingerprint density at radius 1 is 1.00 bits per heavy atom. The highest BCUT2D eigenvalue weighted by Gasteiger charge is 2.03. The quantitative estimate of drug-likeness (QED) is 0.375. The lowest BCUT2D eigenvalue weighted by molar-refractivity contribution is -0.104. The second-order valence-corrected chi connectivity index (χ2v) is 5.81. The van der Waals surface area contributed by atoms with Crippen molar-refractivity contribution in [1.29, 1.82) is 0 Å². The molecule has 0 saturated heterocycles. The molecule has 0 amide bonds. The predicted molar refractivity (Wildman–Crippen MR) is 86.7 cm³/mol. The summed E-state index contributed by atoms with van der Waals surface area (Å²) in [5, 5.41) is 0. The average Bonchev–Trinajstić information content (AvgIpc) is 2.50. The molecule has 2 heteroatoms. The van der Waals surface area contributed by atoms with Crippen LogP contribution in [0.25, 0.3) is 0 Å². The summed E-state index contributed by atoms with van der Waals surface area (Å²) in [4.78, 5) is 12.9. The molecule has 0 saturated carbocycles. The van der Waals surface area contributed by atoms with Crippen LogP contribution in [0.3, 0.4) is 0 Å². The largest absolute Gasteiger partial charge is 0.374 e. The predicted octanol–water partition coefficient (Wildman–Crippen LogP) is 4.86. The molecule has 0 fully saturated rings. The average molecular weight is 277 g/mol. The van der Waals surface area contributed by atoms with Crippen LogP contribution in [0.5, 0.6) is 0 Å². The van der Waals surface area contributed by atoms with Gasteiger partial charge < -0.3 is 4.90 Å². The van der Waals surface area contributed by atoms with Crippen LogP contribution in [-0.2, 0) is 4.79 Å². The number of rotatable bonds is 12. The third-order valence-corrected chi connectivity index (χ3v) is 3.97. The number of nitrogens with zero attached hydrogens (tertiary/aromatic N) is 1. The van der Waals surface area contributed by atoms with Gasteiger partial charge in [-0.25, -0.2) is 0 Å². The molecule has 0 atom stereocenters. The third-order valence-electron chi connectivity index (χ3n) is 3.97. The lowest BCUT2D eigenvalue weighted by Crippen LogP contribution is -2.21. The van der Waals surface area contributed by atoms with Crippen molar-refractivity contribution < 1.29 is 4.79 Å². The minimum absolute atomic E-state index is 0.810. The molecule has 0 aromatic carbocycles. The lowest BCUT2D eigenvalue weighted by Gasteiger charge is -2.21. The summed E-state index contributed by atoms with van der Waals surface area (Å²) in [7, 11) is 0. The van der Waals surface area contributed by atoms with E-state index in [1.165, 1.54) is 64.2 Å². The standard InChI is InChI=1S/C18H31NO/c1-2-3-4-5-6-7-8-9-10-11-14-19-15-12-18(17-20)13-16-19/h12-13,15,17H,2-11,14,16H2,1H3. The first kappa shape index (κ1) is 17.0. The van der Waals surface area contributed by atoms with Gasteiger partial charge in [-0.1, -0.05) is 70.8 Å². The van der Waals surface area contributed by atoms with Gasteiger partial charge in [0, 0.05) is 24.9 Å². The molecule has 1 heterocycles. The minimum Gasteiger partial charge on any atom is -0.374 e. The Hall–Kier alpha value is -1.05. The molecule has 2 nitrogen and oxygen atoms in total. The van der Waals surface area contributed by atoms with Crippen molar-refractivity contribution in [3.63, 3.8) is 0 Å². The molecule has 1 rings (SSSR count). The second kappa shape index (κ2) is 11.7. The Morgan fingerprint density at radius 3 is 2.10 bits per heavy atom. The summed E-state index contributed by atoms with van der Waals surface area (Å²) >= 11 is 0. The molecule has 0 aromatic heterocycles. The zero-order valence-corrected chi connectivity index (χ0v) is 13.2. The van der Waals surface area contributed by atoms with E-state index in [1.807, 2.05) is 12.2 Å². The number of hydrogen-bond donors (Lipinski definition) is 0. The smallest absolute Gasteiger partial charge is 0.149 e. The molecule has 1 aliphatic rings. The number of unbranched alkanes of at least 4 members (excludes halogenated alkanes) is 9. The summed E-state index contributed by atoms with van der Waals surface area (Å²) in [6, 6.07) is 0. The van der Waals surface area contributed by atoms with Gasteiger partial charge in [-0.15, -0.1) is 0 Å². The van der Waals surface area contributed by atoms with Crippen LogP contribution in [0.15, 0.2) is 23.9 Å². The van der Waals surface area contributed by atoms with E-state index in [0.717, 1.165) is 24.9 Å². The normalized spacial score (nSPS) is 14.4. The Kier molecular flexibility index (Phi) is 9.99. The Bertz CT molecular complexity index is 307. The van der Waals surface area contributed by atoms with Gasteiger partial charge in [0.1, 0.15) is 6.29 Å². The van der Waals surface area contributed by atoms with E-state index in [2.05, 4.69) is 18.0 Å². The molecular formula is C18H31NO. The van der Waals surface area contributed by atoms with Gasteiger partial charge in [-0.3, -0.25) is 4.79 Å². The molecule has 0 aliphatic carbocycles. The number of hydrogen-bond acceptors (Lipinski definition) is 2. The molecular weight excluding hydrogens is 246 g/mol. The zero-order valence-electron chi connectivity index (χ0n) is 13.2. The van der Waals surface area contributed by atoms with E-state index in [9.17, 15) is 4.79 Å². The molecule has 0 spiro atoms. The van der Waals surface area contributed by atoms with Crippen LogP contribution < -0.4 is 0 Å². The summed E-state index contributed by atoms with van der Waals surface area (Å²) in [5.41, 5.74) is 0.810. The van der Waals surface area contributed by atoms with Crippen LogP contribution in [0.2, 0.25) is 0 Å². The second-order valence-electron chi connectivity index (χ2n) is 5.81. The van der Waals surface area contributed by atoms with Crippen molar-refractivity contribution in [2.75, 3.05) is 13.1 Å². The molecule has 114 valence electrons. The first-order valence-corrected chi connectivity index (χ1v) is 8.44. The van der Waals surface area contributed by atoms with E-state index in [0.29, 0.717) is 0 Å². The van der Waals surface area contributed by atoms with Crippen LogP contribution in [0.1, 0.15) is 71.1 Å². The summed E-state index contributed by atoms with van der Waals surface area (Å²) in [6.45, 7) is 4.28. The third kappa shape index (κ3) is 8.19. The van der Waals surface area contributed by atoms with E-state index >= 15 is 0 Å². The van der Waals surface area contributed by atoms with Crippen molar-refractivity contribution in [1.82, 2.24) is 4.90 Å². The Balaban J connectivity index is 1.85.